The monoisotopic (exact) mass is 269 g/mol. The lowest BCUT2D eigenvalue weighted by Crippen LogP contribution is -2.28. The average molecular weight is 269 g/mol. The molecule has 0 aliphatic carbocycles. The zero-order valence-electron chi connectivity index (χ0n) is 9.07. The van der Waals surface area contributed by atoms with Gasteiger partial charge in [0, 0.05) is 13.0 Å². The Morgan fingerprint density at radius 2 is 1.83 bits per heavy atom. The van der Waals surface area contributed by atoms with Crippen molar-refractivity contribution in [2.24, 2.45) is 0 Å². The molecule has 1 aliphatic heterocycles. The highest BCUT2D eigenvalue weighted by atomic mass is 19.4. The zero-order chi connectivity index (χ0) is 13.6. The second kappa shape index (κ2) is 4.07. The number of alkyl halides is 5. The molecule has 0 saturated carbocycles. The van der Waals surface area contributed by atoms with Crippen LogP contribution in [0.2, 0.25) is 0 Å². The third-order valence-electron chi connectivity index (χ3n) is 2.78. The molecule has 1 aromatic carbocycles. The van der Waals surface area contributed by atoms with Crippen LogP contribution >= 0.6 is 0 Å². The van der Waals surface area contributed by atoms with Gasteiger partial charge in [0.15, 0.2) is 0 Å². The van der Waals surface area contributed by atoms with Gasteiger partial charge >= 0.3 is 6.18 Å². The van der Waals surface area contributed by atoms with Gasteiger partial charge in [0.25, 0.3) is 5.92 Å². The summed E-state index contributed by atoms with van der Waals surface area (Å²) in [4.78, 5) is 0.748. The van der Waals surface area contributed by atoms with Crippen molar-refractivity contribution in [2.75, 3.05) is 18.0 Å². The first-order valence-electron chi connectivity index (χ1n) is 5.19. The van der Waals surface area contributed by atoms with Crippen LogP contribution in [0.25, 0.3) is 0 Å². The van der Waals surface area contributed by atoms with Gasteiger partial charge in [-0.05, 0) is 12.1 Å². The minimum Gasteiger partial charge on any atom is -0.362 e. The molecule has 7 heteroatoms. The van der Waals surface area contributed by atoms with Gasteiger partial charge in [-0.1, -0.05) is 6.07 Å². The molecule has 0 bridgehead atoms. The van der Waals surface area contributed by atoms with Gasteiger partial charge < -0.3 is 4.90 Å². The highest BCUT2D eigenvalue weighted by molar-refractivity contribution is 5.57. The summed E-state index contributed by atoms with van der Waals surface area (Å²) in [5.74, 6) is -4.21. The number of anilines is 1. The fourth-order valence-electron chi connectivity index (χ4n) is 1.99. The zero-order valence-corrected chi connectivity index (χ0v) is 9.07. The molecule has 0 unspecified atom stereocenters. The molecule has 1 fully saturated rings. The molecule has 1 nitrogen and oxygen atoms in total. The van der Waals surface area contributed by atoms with E-state index in [0.717, 1.165) is 17.0 Å². The highest BCUT2D eigenvalue weighted by Crippen LogP contribution is 2.41. The van der Waals surface area contributed by atoms with Gasteiger partial charge in [-0.15, -0.1) is 0 Å². The summed E-state index contributed by atoms with van der Waals surface area (Å²) in [6, 6.07) is 2.44. The molecule has 0 N–H and O–H groups in total. The van der Waals surface area contributed by atoms with Crippen molar-refractivity contribution in [1.82, 2.24) is 0 Å². The summed E-state index contributed by atoms with van der Waals surface area (Å²) in [5.41, 5.74) is -2.01. The van der Waals surface area contributed by atoms with E-state index in [-0.39, 0.29) is 6.54 Å². The molecule has 0 amide bonds. The minimum atomic E-state index is -4.77. The van der Waals surface area contributed by atoms with Crippen LogP contribution in [0.4, 0.5) is 32.0 Å². The normalized spacial score (nSPS) is 19.3. The molecule has 0 radical (unpaired) electrons. The Kier molecular flexibility index (Phi) is 2.95. The van der Waals surface area contributed by atoms with Gasteiger partial charge in [-0.2, -0.15) is 13.2 Å². The minimum absolute atomic E-state index is 0.295. The first-order chi connectivity index (χ1) is 8.21. The van der Waals surface area contributed by atoms with Gasteiger partial charge in [0.05, 0.1) is 17.8 Å². The van der Waals surface area contributed by atoms with Crippen molar-refractivity contribution < 1.29 is 26.3 Å². The summed E-state index contributed by atoms with van der Waals surface area (Å²) >= 11 is 0. The lowest BCUT2D eigenvalue weighted by molar-refractivity contribution is -0.137. The predicted molar refractivity (Wildman–Crippen MR) is 53.2 cm³/mol. The Morgan fingerprint density at radius 1 is 1.17 bits per heavy atom. The number of benzene rings is 1. The van der Waals surface area contributed by atoms with Crippen molar-refractivity contribution in [2.45, 2.75) is 18.5 Å². The van der Waals surface area contributed by atoms with E-state index in [2.05, 4.69) is 0 Å². The average Bonchev–Trinajstić information content (AvgIpc) is 2.57. The van der Waals surface area contributed by atoms with Crippen LogP contribution in [0.3, 0.4) is 0 Å². The van der Waals surface area contributed by atoms with Crippen LogP contribution in [0, 0.1) is 5.82 Å². The first kappa shape index (κ1) is 13.0. The predicted octanol–water partition coefficient (Wildman–Crippen LogP) is 3.69. The Balaban J connectivity index is 2.44. The van der Waals surface area contributed by atoms with Crippen molar-refractivity contribution in [1.29, 1.82) is 0 Å². The molecular formula is C11H9F6N. The van der Waals surface area contributed by atoms with E-state index in [1.165, 1.54) is 0 Å². The van der Waals surface area contributed by atoms with Crippen molar-refractivity contribution in [3.63, 3.8) is 0 Å². The van der Waals surface area contributed by atoms with Gasteiger partial charge in [-0.3, -0.25) is 0 Å². The number of nitrogens with zero attached hydrogens (tertiary/aromatic N) is 1. The largest absolute Gasteiger partial charge is 0.418 e. The van der Waals surface area contributed by atoms with Crippen LogP contribution in [-0.4, -0.2) is 19.0 Å². The number of hydrogen-bond acceptors (Lipinski definition) is 1. The molecule has 1 aliphatic rings. The van der Waals surface area contributed by atoms with E-state index in [0.29, 0.717) is 6.07 Å². The fourth-order valence-corrected chi connectivity index (χ4v) is 1.99. The summed E-state index contributed by atoms with van der Waals surface area (Å²) in [6.07, 6.45) is -5.34. The quantitative estimate of drug-likeness (QED) is 0.703. The number of halogens is 6. The molecule has 1 saturated heterocycles. The van der Waals surface area contributed by atoms with E-state index < -0.39 is 42.1 Å². The SMILES string of the molecule is Fc1cccc(C(F)(F)F)c1N1CCC(F)(F)C1. The molecule has 0 spiro atoms. The third-order valence-corrected chi connectivity index (χ3v) is 2.78. The van der Waals surface area contributed by atoms with E-state index in [4.69, 9.17) is 0 Å². The van der Waals surface area contributed by atoms with E-state index in [9.17, 15) is 26.3 Å². The van der Waals surface area contributed by atoms with Crippen molar-refractivity contribution in [3.05, 3.63) is 29.6 Å². The Hall–Kier alpha value is -1.40. The summed E-state index contributed by atoms with van der Waals surface area (Å²) in [5, 5.41) is 0. The topological polar surface area (TPSA) is 3.24 Å². The maximum Gasteiger partial charge on any atom is 0.418 e. The maximum atomic E-state index is 13.5. The van der Waals surface area contributed by atoms with Crippen LogP contribution in [0.1, 0.15) is 12.0 Å². The Bertz CT molecular complexity index is 453. The highest BCUT2D eigenvalue weighted by Gasteiger charge is 2.43. The summed E-state index contributed by atoms with van der Waals surface area (Å²) in [6.45, 7) is -1.19. The van der Waals surface area contributed by atoms with Gasteiger partial charge in [-0.25, -0.2) is 13.2 Å². The second-order valence-corrected chi connectivity index (χ2v) is 4.16. The third kappa shape index (κ3) is 2.39. The molecule has 0 atom stereocenters. The van der Waals surface area contributed by atoms with Crippen molar-refractivity contribution >= 4 is 5.69 Å². The molecule has 100 valence electrons. The van der Waals surface area contributed by atoms with E-state index in [1.807, 2.05) is 0 Å². The number of para-hydroxylation sites is 1. The van der Waals surface area contributed by atoms with Gasteiger partial charge in [0.2, 0.25) is 0 Å². The molecule has 0 aromatic heterocycles. The van der Waals surface area contributed by atoms with Crippen LogP contribution < -0.4 is 4.90 Å². The lowest BCUT2D eigenvalue weighted by atomic mass is 10.1. The van der Waals surface area contributed by atoms with Crippen molar-refractivity contribution in [3.8, 4) is 0 Å². The molecular weight excluding hydrogens is 260 g/mol. The smallest absolute Gasteiger partial charge is 0.362 e. The Morgan fingerprint density at radius 3 is 2.33 bits per heavy atom. The standard InChI is InChI=1S/C11H9F6N/c12-8-3-1-2-7(11(15,16)17)9(8)18-5-4-10(13,14)6-18/h1-3H,4-6H2. The number of hydrogen-bond donors (Lipinski definition) is 0. The lowest BCUT2D eigenvalue weighted by Gasteiger charge is -2.23. The summed E-state index contributed by atoms with van der Waals surface area (Å²) in [7, 11) is 0. The van der Waals surface area contributed by atoms with E-state index >= 15 is 0 Å². The summed E-state index contributed by atoms with van der Waals surface area (Å²) < 4.78 is 77.6. The molecule has 1 heterocycles. The van der Waals surface area contributed by atoms with Crippen LogP contribution in [0.15, 0.2) is 18.2 Å². The molecule has 2 rings (SSSR count). The van der Waals surface area contributed by atoms with Crippen LogP contribution in [-0.2, 0) is 6.18 Å². The molecule has 1 aromatic rings. The maximum absolute atomic E-state index is 13.5. The fraction of sp³-hybridized carbons (Fsp3) is 0.455. The number of rotatable bonds is 1. The van der Waals surface area contributed by atoms with Crippen LogP contribution in [0.5, 0.6) is 0 Å². The Labute approximate surface area is 99.0 Å². The molecule has 18 heavy (non-hydrogen) atoms. The second-order valence-electron chi connectivity index (χ2n) is 4.16. The van der Waals surface area contributed by atoms with E-state index in [1.54, 1.807) is 0 Å². The van der Waals surface area contributed by atoms with Gasteiger partial charge in [0.1, 0.15) is 5.82 Å². The first-order valence-corrected chi connectivity index (χ1v) is 5.19.